The topological polar surface area (TPSA) is 51.8 Å². The number of para-hydroxylation sites is 1. The average molecular weight is 734 g/mol. The SMILES string of the molecule is c1ccc(-c2cc(-c3ccccc3-c3ccncc3)nc(-c3ccc(-c4ccc(-c5ccc6sc7ccccc7c6c5)c5c4oc4ccccc45)cc3)n2)cc1. The maximum Gasteiger partial charge on any atom is 0.160 e. The fourth-order valence-corrected chi connectivity index (χ4v) is 9.04. The first-order valence-corrected chi connectivity index (χ1v) is 19.5. The van der Waals surface area contributed by atoms with Gasteiger partial charge in [0.25, 0.3) is 0 Å². The summed E-state index contributed by atoms with van der Waals surface area (Å²) in [5, 5.41) is 4.81. The molecule has 0 N–H and O–H groups in total. The summed E-state index contributed by atoms with van der Waals surface area (Å²) >= 11 is 1.84. The first-order valence-electron chi connectivity index (χ1n) is 18.7. The maximum absolute atomic E-state index is 6.71. The van der Waals surface area contributed by atoms with Gasteiger partial charge in [-0.05, 0) is 76.3 Å². The number of fused-ring (bicyclic) bond motifs is 6. The van der Waals surface area contributed by atoms with Crippen LogP contribution in [0.3, 0.4) is 0 Å². The lowest BCUT2D eigenvalue weighted by atomic mass is 9.93. The molecule has 0 aliphatic heterocycles. The molecule has 0 aliphatic carbocycles. The van der Waals surface area contributed by atoms with Gasteiger partial charge in [0, 0.05) is 65.6 Å². The molecule has 262 valence electrons. The number of thiophene rings is 1. The summed E-state index contributed by atoms with van der Waals surface area (Å²) in [6.45, 7) is 0. The molecule has 0 radical (unpaired) electrons. The third-order valence-corrected chi connectivity index (χ3v) is 11.8. The van der Waals surface area contributed by atoms with E-state index in [-0.39, 0.29) is 0 Å². The Morgan fingerprint density at radius 1 is 0.393 bits per heavy atom. The summed E-state index contributed by atoms with van der Waals surface area (Å²) in [5.74, 6) is 0.665. The molecule has 4 nitrogen and oxygen atoms in total. The number of hydrogen-bond donors (Lipinski definition) is 0. The van der Waals surface area contributed by atoms with Crippen molar-refractivity contribution in [3.05, 3.63) is 188 Å². The summed E-state index contributed by atoms with van der Waals surface area (Å²) in [7, 11) is 0. The minimum Gasteiger partial charge on any atom is -0.455 e. The van der Waals surface area contributed by atoms with Gasteiger partial charge in [0.05, 0.1) is 11.4 Å². The summed E-state index contributed by atoms with van der Waals surface area (Å²) in [6, 6.07) is 61.7. The minimum absolute atomic E-state index is 0.665. The van der Waals surface area contributed by atoms with Crippen LogP contribution in [0.25, 0.3) is 109 Å². The molecule has 0 aliphatic rings. The van der Waals surface area contributed by atoms with E-state index in [1.807, 2.05) is 60.1 Å². The zero-order chi connectivity index (χ0) is 37.0. The molecule has 0 amide bonds. The van der Waals surface area contributed by atoms with Gasteiger partial charge in [0.1, 0.15) is 11.2 Å². The van der Waals surface area contributed by atoms with Crippen molar-refractivity contribution in [2.45, 2.75) is 0 Å². The number of pyridine rings is 1. The van der Waals surface area contributed by atoms with Crippen LogP contribution in [-0.2, 0) is 0 Å². The Hall–Kier alpha value is -7.21. The Morgan fingerprint density at radius 2 is 1.04 bits per heavy atom. The molecule has 4 aromatic heterocycles. The smallest absolute Gasteiger partial charge is 0.160 e. The molecular weight excluding hydrogens is 703 g/mol. The van der Waals surface area contributed by atoms with Gasteiger partial charge in [-0.25, -0.2) is 9.97 Å². The lowest BCUT2D eigenvalue weighted by Gasteiger charge is -2.13. The third-order valence-electron chi connectivity index (χ3n) is 10.7. The van der Waals surface area contributed by atoms with E-state index in [9.17, 15) is 0 Å². The Kier molecular flexibility index (Phi) is 7.64. The van der Waals surface area contributed by atoms with Crippen LogP contribution < -0.4 is 0 Å². The van der Waals surface area contributed by atoms with Crippen molar-refractivity contribution in [3.8, 4) is 67.3 Å². The molecule has 0 saturated carbocycles. The molecule has 0 saturated heterocycles. The highest BCUT2D eigenvalue weighted by Crippen LogP contribution is 2.44. The highest BCUT2D eigenvalue weighted by atomic mass is 32.1. The van der Waals surface area contributed by atoms with Gasteiger partial charge < -0.3 is 4.42 Å². The van der Waals surface area contributed by atoms with Gasteiger partial charge in [-0.15, -0.1) is 11.3 Å². The highest BCUT2D eigenvalue weighted by molar-refractivity contribution is 7.25. The van der Waals surface area contributed by atoms with E-state index in [0.717, 1.165) is 77.8 Å². The monoisotopic (exact) mass is 733 g/mol. The molecule has 4 heterocycles. The van der Waals surface area contributed by atoms with E-state index in [1.54, 1.807) is 0 Å². The predicted octanol–water partition coefficient (Wildman–Crippen LogP) is 14.1. The van der Waals surface area contributed by atoms with Crippen molar-refractivity contribution in [1.82, 2.24) is 15.0 Å². The minimum atomic E-state index is 0.665. The lowest BCUT2D eigenvalue weighted by molar-refractivity contribution is 0.670. The number of nitrogens with zero attached hydrogens (tertiary/aromatic N) is 3. The fraction of sp³-hybridized carbons (Fsp3) is 0. The Labute approximate surface area is 327 Å². The lowest BCUT2D eigenvalue weighted by Crippen LogP contribution is -1.97. The summed E-state index contributed by atoms with van der Waals surface area (Å²) in [5.41, 5.74) is 13.1. The van der Waals surface area contributed by atoms with E-state index in [0.29, 0.717) is 5.82 Å². The van der Waals surface area contributed by atoms with Crippen molar-refractivity contribution in [3.63, 3.8) is 0 Å². The van der Waals surface area contributed by atoms with E-state index >= 15 is 0 Å². The summed E-state index contributed by atoms with van der Waals surface area (Å²) < 4.78 is 9.31. The third kappa shape index (κ3) is 5.48. The van der Waals surface area contributed by atoms with Crippen molar-refractivity contribution < 1.29 is 4.42 Å². The van der Waals surface area contributed by atoms with Gasteiger partial charge in [-0.3, -0.25) is 4.98 Å². The van der Waals surface area contributed by atoms with E-state index in [4.69, 9.17) is 14.4 Å². The van der Waals surface area contributed by atoms with Gasteiger partial charge in [-0.2, -0.15) is 0 Å². The number of benzene rings is 7. The van der Waals surface area contributed by atoms with E-state index < -0.39 is 0 Å². The zero-order valence-electron chi connectivity index (χ0n) is 30.1. The van der Waals surface area contributed by atoms with Crippen molar-refractivity contribution in [1.29, 1.82) is 0 Å². The first kappa shape index (κ1) is 32.2. The molecule has 11 rings (SSSR count). The molecule has 0 bridgehead atoms. The first-order chi connectivity index (χ1) is 27.7. The Morgan fingerprint density at radius 3 is 1.89 bits per heavy atom. The highest BCUT2D eigenvalue weighted by Gasteiger charge is 2.19. The van der Waals surface area contributed by atoms with Crippen LogP contribution in [-0.4, -0.2) is 15.0 Å². The second-order valence-electron chi connectivity index (χ2n) is 14.0. The molecule has 0 atom stereocenters. The van der Waals surface area contributed by atoms with Crippen LogP contribution in [0.1, 0.15) is 0 Å². The fourth-order valence-electron chi connectivity index (χ4n) is 7.95. The summed E-state index contributed by atoms with van der Waals surface area (Å²) in [6.07, 6.45) is 3.65. The Balaban J connectivity index is 1.03. The molecule has 5 heteroatoms. The molecular formula is C51H31N3OS. The number of aromatic nitrogens is 3. The van der Waals surface area contributed by atoms with Crippen LogP contribution in [0, 0.1) is 0 Å². The molecule has 0 spiro atoms. The van der Waals surface area contributed by atoms with Crippen LogP contribution in [0.5, 0.6) is 0 Å². The standard InChI is InChI=1S/C51H31N3OS/c1-2-10-34(11-3-1)44-31-45(40-13-5-4-12-37(40)33-26-28-52-29-27-33)54-51(53-44)35-20-18-32(19-21-35)39-24-23-38(49-42-15-6-8-16-46(42)55-50(39)49)36-22-25-48-43(30-36)41-14-7-9-17-47(41)56-48/h1-31H. The van der Waals surface area contributed by atoms with Gasteiger partial charge >= 0.3 is 0 Å². The normalized spacial score (nSPS) is 11.6. The maximum atomic E-state index is 6.71. The summed E-state index contributed by atoms with van der Waals surface area (Å²) in [4.78, 5) is 14.6. The van der Waals surface area contributed by atoms with Crippen LogP contribution in [0.15, 0.2) is 193 Å². The molecule has 0 unspecified atom stereocenters. The van der Waals surface area contributed by atoms with Crippen molar-refractivity contribution in [2.24, 2.45) is 0 Å². The largest absolute Gasteiger partial charge is 0.455 e. The molecule has 7 aromatic carbocycles. The average Bonchev–Trinajstić information content (AvgIpc) is 3.85. The van der Waals surface area contributed by atoms with Crippen LogP contribution in [0.2, 0.25) is 0 Å². The zero-order valence-corrected chi connectivity index (χ0v) is 30.9. The number of rotatable bonds is 6. The second-order valence-corrected chi connectivity index (χ2v) is 15.0. The Bertz CT molecular complexity index is 3240. The van der Waals surface area contributed by atoms with Crippen LogP contribution >= 0.6 is 11.3 Å². The number of furan rings is 1. The quantitative estimate of drug-likeness (QED) is 0.171. The molecule has 0 fully saturated rings. The predicted molar refractivity (Wildman–Crippen MR) is 233 cm³/mol. The van der Waals surface area contributed by atoms with E-state index in [1.165, 1.54) is 25.7 Å². The number of hydrogen-bond acceptors (Lipinski definition) is 5. The van der Waals surface area contributed by atoms with Crippen LogP contribution in [0.4, 0.5) is 0 Å². The van der Waals surface area contributed by atoms with Gasteiger partial charge in [-0.1, -0.05) is 127 Å². The second kappa shape index (κ2) is 13.3. The van der Waals surface area contributed by atoms with E-state index in [2.05, 4.69) is 145 Å². The van der Waals surface area contributed by atoms with Gasteiger partial charge in [0.2, 0.25) is 0 Å². The molecule has 56 heavy (non-hydrogen) atoms. The van der Waals surface area contributed by atoms with Crippen molar-refractivity contribution in [2.75, 3.05) is 0 Å². The van der Waals surface area contributed by atoms with Crippen molar-refractivity contribution >= 4 is 53.4 Å². The molecule has 11 aromatic rings. The van der Waals surface area contributed by atoms with Gasteiger partial charge in [0.15, 0.2) is 5.82 Å².